The number of nitrogens with zero attached hydrogens (tertiary/aromatic N) is 1. The molecule has 0 bridgehead atoms. The fourth-order valence-electron chi connectivity index (χ4n) is 2.63. The Morgan fingerprint density at radius 3 is 2.70 bits per heavy atom. The number of quaternary nitrogens is 1. The fourth-order valence-corrected chi connectivity index (χ4v) is 4.59. The van der Waals surface area contributed by atoms with Crippen LogP contribution in [-0.4, -0.2) is 48.1 Å². The molecule has 1 aromatic carbocycles. The Morgan fingerprint density at radius 1 is 1.39 bits per heavy atom. The lowest BCUT2D eigenvalue weighted by Gasteiger charge is -2.20. The standard InChI is InChI=1S/C15H22BrN3O3S/c1-4-14(20)19-7-5-11-9-12(16)10-13(15(11)19)23(21,22)17-6-8-18(2)3/h9-10,17H,4-8H2,1-3H3/p+1. The second-order valence-corrected chi connectivity index (χ2v) is 8.57. The molecule has 0 atom stereocenters. The molecule has 23 heavy (non-hydrogen) atoms. The smallest absolute Gasteiger partial charge is 0.242 e. The van der Waals surface area contributed by atoms with Crippen molar-refractivity contribution in [2.45, 2.75) is 24.7 Å². The van der Waals surface area contributed by atoms with Crippen LogP contribution in [0, 0.1) is 0 Å². The number of rotatable bonds is 6. The minimum Gasteiger partial charge on any atom is -0.339 e. The summed E-state index contributed by atoms with van der Waals surface area (Å²) >= 11 is 3.37. The van der Waals surface area contributed by atoms with Gasteiger partial charge in [-0.25, -0.2) is 13.1 Å². The average Bonchev–Trinajstić information content (AvgIpc) is 2.88. The lowest BCUT2D eigenvalue weighted by Crippen LogP contribution is -3.06. The maximum Gasteiger partial charge on any atom is 0.242 e. The highest BCUT2D eigenvalue weighted by Crippen LogP contribution is 2.37. The van der Waals surface area contributed by atoms with E-state index in [1.54, 1.807) is 17.9 Å². The van der Waals surface area contributed by atoms with Gasteiger partial charge in [-0.05, 0) is 24.1 Å². The molecule has 1 aromatic rings. The summed E-state index contributed by atoms with van der Waals surface area (Å²) in [5.41, 5.74) is 1.42. The molecule has 2 rings (SSSR count). The summed E-state index contributed by atoms with van der Waals surface area (Å²) in [6.07, 6.45) is 1.03. The molecule has 0 unspecified atom stereocenters. The number of hydrogen-bond donors (Lipinski definition) is 2. The molecule has 0 aromatic heterocycles. The summed E-state index contributed by atoms with van der Waals surface area (Å²) in [6, 6.07) is 3.46. The monoisotopic (exact) mass is 404 g/mol. The van der Waals surface area contributed by atoms with E-state index in [0.29, 0.717) is 42.6 Å². The number of carbonyl (C=O) groups excluding carboxylic acids is 1. The van der Waals surface area contributed by atoms with E-state index < -0.39 is 10.0 Å². The number of hydrogen-bond acceptors (Lipinski definition) is 3. The molecule has 1 heterocycles. The minimum absolute atomic E-state index is 0.0553. The van der Waals surface area contributed by atoms with Crippen molar-refractivity contribution in [3.8, 4) is 0 Å². The lowest BCUT2D eigenvalue weighted by molar-refractivity contribution is -0.856. The first-order valence-electron chi connectivity index (χ1n) is 7.67. The van der Waals surface area contributed by atoms with Crippen LogP contribution in [-0.2, 0) is 21.2 Å². The van der Waals surface area contributed by atoms with Crippen LogP contribution in [0.3, 0.4) is 0 Å². The van der Waals surface area contributed by atoms with Gasteiger partial charge in [0.2, 0.25) is 15.9 Å². The first kappa shape index (κ1) is 18.4. The van der Waals surface area contributed by atoms with Gasteiger partial charge in [-0.3, -0.25) is 4.79 Å². The van der Waals surface area contributed by atoms with Crippen molar-refractivity contribution in [3.05, 3.63) is 22.2 Å². The number of sulfonamides is 1. The third-order valence-electron chi connectivity index (χ3n) is 3.80. The summed E-state index contributed by atoms with van der Waals surface area (Å²) in [5, 5.41) is 0. The van der Waals surface area contributed by atoms with Crippen LogP contribution >= 0.6 is 15.9 Å². The zero-order valence-electron chi connectivity index (χ0n) is 13.6. The summed E-state index contributed by atoms with van der Waals surface area (Å²) in [5.74, 6) is -0.0553. The van der Waals surface area contributed by atoms with Crippen LogP contribution in [0.1, 0.15) is 18.9 Å². The molecule has 8 heteroatoms. The molecule has 0 aliphatic carbocycles. The number of nitrogens with one attached hydrogen (secondary N) is 2. The van der Waals surface area contributed by atoms with Gasteiger partial charge in [0.05, 0.1) is 32.9 Å². The third-order valence-corrected chi connectivity index (χ3v) is 5.74. The maximum absolute atomic E-state index is 12.7. The van der Waals surface area contributed by atoms with E-state index in [0.717, 1.165) is 10.5 Å². The van der Waals surface area contributed by atoms with E-state index in [4.69, 9.17) is 0 Å². The third kappa shape index (κ3) is 4.12. The molecule has 0 radical (unpaired) electrons. The van der Waals surface area contributed by atoms with Gasteiger partial charge in [-0.15, -0.1) is 0 Å². The second kappa shape index (κ2) is 7.29. The Bertz CT molecular complexity index is 704. The first-order chi connectivity index (χ1) is 10.8. The molecule has 1 aliphatic heterocycles. The first-order valence-corrected chi connectivity index (χ1v) is 9.95. The maximum atomic E-state index is 12.7. The molecule has 1 amide bonds. The summed E-state index contributed by atoms with van der Waals surface area (Å²) in [4.78, 5) is 15.1. The van der Waals surface area contributed by atoms with E-state index in [1.807, 2.05) is 20.2 Å². The minimum atomic E-state index is -3.67. The summed E-state index contributed by atoms with van der Waals surface area (Å²) < 4.78 is 28.7. The van der Waals surface area contributed by atoms with Crippen molar-refractivity contribution in [2.75, 3.05) is 38.6 Å². The molecule has 1 aliphatic rings. The highest BCUT2D eigenvalue weighted by atomic mass is 79.9. The molecule has 2 N–H and O–H groups in total. The Balaban J connectivity index is 2.41. The summed E-state index contributed by atoms with van der Waals surface area (Å²) in [7, 11) is 0.264. The molecule has 0 saturated carbocycles. The van der Waals surface area contributed by atoms with E-state index in [2.05, 4.69) is 20.7 Å². The predicted molar refractivity (Wildman–Crippen MR) is 93.4 cm³/mol. The number of halogens is 1. The van der Waals surface area contributed by atoms with E-state index in [-0.39, 0.29) is 10.8 Å². The van der Waals surface area contributed by atoms with Gasteiger partial charge in [-0.2, -0.15) is 0 Å². The number of fused-ring (bicyclic) bond motifs is 1. The average molecular weight is 405 g/mol. The van der Waals surface area contributed by atoms with Crippen LogP contribution in [0.2, 0.25) is 0 Å². The Labute approximate surface area is 146 Å². The molecule has 128 valence electrons. The van der Waals surface area contributed by atoms with Crippen LogP contribution < -0.4 is 14.5 Å². The largest absolute Gasteiger partial charge is 0.339 e. The van der Waals surface area contributed by atoms with Gasteiger partial charge in [0.25, 0.3) is 0 Å². The van der Waals surface area contributed by atoms with Gasteiger partial charge in [0.1, 0.15) is 4.90 Å². The van der Waals surface area contributed by atoms with Crippen molar-refractivity contribution in [2.24, 2.45) is 0 Å². The normalized spacial score (nSPS) is 14.4. The van der Waals surface area contributed by atoms with Crippen LogP contribution in [0.25, 0.3) is 0 Å². The Kier molecular flexibility index (Phi) is 5.83. The second-order valence-electron chi connectivity index (χ2n) is 5.92. The molecule has 0 saturated heterocycles. The van der Waals surface area contributed by atoms with Crippen molar-refractivity contribution >= 4 is 37.5 Å². The van der Waals surface area contributed by atoms with Crippen molar-refractivity contribution in [1.82, 2.24) is 4.72 Å². The Morgan fingerprint density at radius 2 is 2.09 bits per heavy atom. The lowest BCUT2D eigenvalue weighted by atomic mass is 10.2. The van der Waals surface area contributed by atoms with Gasteiger partial charge in [0, 0.05) is 17.4 Å². The van der Waals surface area contributed by atoms with E-state index >= 15 is 0 Å². The SMILES string of the molecule is CCC(=O)N1CCc2cc(Br)cc(S(=O)(=O)NCC[NH+](C)C)c21. The highest BCUT2D eigenvalue weighted by molar-refractivity contribution is 9.10. The van der Waals surface area contributed by atoms with Crippen molar-refractivity contribution in [3.63, 3.8) is 0 Å². The number of carbonyl (C=O) groups is 1. The quantitative estimate of drug-likeness (QED) is 0.709. The number of benzene rings is 1. The molecular formula is C15H23BrN3O3S+. The van der Waals surface area contributed by atoms with Crippen LogP contribution in [0.4, 0.5) is 5.69 Å². The number of amides is 1. The van der Waals surface area contributed by atoms with Crippen LogP contribution in [0.15, 0.2) is 21.5 Å². The zero-order valence-corrected chi connectivity index (χ0v) is 16.1. The van der Waals surface area contributed by atoms with Gasteiger partial charge >= 0.3 is 0 Å². The van der Waals surface area contributed by atoms with Crippen molar-refractivity contribution < 1.29 is 18.1 Å². The molecule has 6 nitrogen and oxygen atoms in total. The number of anilines is 1. The number of likely N-dealkylation sites (N-methyl/N-ethyl adjacent to an activating group) is 1. The van der Waals surface area contributed by atoms with E-state index in [9.17, 15) is 13.2 Å². The van der Waals surface area contributed by atoms with Crippen LogP contribution in [0.5, 0.6) is 0 Å². The Hall–Kier alpha value is -0.960. The summed E-state index contributed by atoms with van der Waals surface area (Å²) in [6.45, 7) is 3.36. The fraction of sp³-hybridized carbons (Fsp3) is 0.533. The molecule has 0 fully saturated rings. The topological polar surface area (TPSA) is 70.9 Å². The van der Waals surface area contributed by atoms with Crippen molar-refractivity contribution in [1.29, 1.82) is 0 Å². The molecule has 0 spiro atoms. The van der Waals surface area contributed by atoms with Gasteiger partial charge in [0.15, 0.2) is 0 Å². The highest BCUT2D eigenvalue weighted by Gasteiger charge is 2.31. The predicted octanol–water partition coefficient (Wildman–Crippen LogP) is 0.171. The van der Waals surface area contributed by atoms with Gasteiger partial charge in [-0.1, -0.05) is 22.9 Å². The van der Waals surface area contributed by atoms with E-state index in [1.165, 1.54) is 0 Å². The zero-order chi connectivity index (χ0) is 17.2. The molecular weight excluding hydrogens is 382 g/mol. The van der Waals surface area contributed by atoms with Gasteiger partial charge < -0.3 is 9.80 Å².